The Morgan fingerprint density at radius 1 is 1.43 bits per heavy atom. The van der Waals surface area contributed by atoms with E-state index in [-0.39, 0.29) is 17.3 Å². The number of anilines is 1. The third-order valence-corrected chi connectivity index (χ3v) is 1.77. The van der Waals surface area contributed by atoms with Crippen LogP contribution in [0.4, 0.5) is 5.95 Å². The van der Waals surface area contributed by atoms with Gasteiger partial charge in [0.1, 0.15) is 12.1 Å². The highest BCUT2D eigenvalue weighted by atomic mass is 32.2. The molecule has 0 radical (unpaired) electrons. The minimum absolute atomic E-state index is 0.0707. The normalized spacial score (nSPS) is 10.2. The van der Waals surface area contributed by atoms with Gasteiger partial charge < -0.3 is 4.98 Å². The van der Waals surface area contributed by atoms with Crippen LogP contribution in [0.3, 0.4) is 0 Å². The van der Waals surface area contributed by atoms with Gasteiger partial charge in [0.15, 0.2) is 11.4 Å². The number of H-pyrrole nitrogens is 1. The first-order valence-corrected chi connectivity index (χ1v) is 5.23. The van der Waals surface area contributed by atoms with E-state index in [1.54, 1.807) is 12.1 Å². The van der Waals surface area contributed by atoms with Crippen LogP contribution in [-0.2, 0) is 10.0 Å². The van der Waals surface area contributed by atoms with Crippen molar-refractivity contribution in [3.05, 3.63) is 11.4 Å². The standard InChI is InChI=1S/C6H5N5O2S/c1-14(12,13)11-6-9-4(2-7)5(3-8)10-6/h1H3,(H2,9,10,11). The Labute approximate surface area is 80.1 Å². The van der Waals surface area contributed by atoms with Gasteiger partial charge in [0, 0.05) is 0 Å². The van der Waals surface area contributed by atoms with E-state index in [1.807, 2.05) is 4.72 Å². The molecule has 0 aromatic carbocycles. The average Bonchev–Trinajstić information content (AvgIpc) is 2.43. The molecule has 8 heteroatoms. The van der Waals surface area contributed by atoms with Crippen LogP contribution in [0.5, 0.6) is 0 Å². The quantitative estimate of drug-likeness (QED) is 0.684. The lowest BCUT2D eigenvalue weighted by molar-refractivity contribution is 0.606. The molecular weight excluding hydrogens is 206 g/mol. The SMILES string of the molecule is CS(=O)(=O)Nc1nc(C#N)c(C#N)[nH]1. The Morgan fingerprint density at radius 2 is 2.07 bits per heavy atom. The highest BCUT2D eigenvalue weighted by Crippen LogP contribution is 2.08. The van der Waals surface area contributed by atoms with Gasteiger partial charge in [0.25, 0.3) is 0 Å². The number of hydrogen-bond donors (Lipinski definition) is 2. The zero-order valence-electron chi connectivity index (χ0n) is 7.07. The summed E-state index contributed by atoms with van der Waals surface area (Å²) < 4.78 is 23.5. The zero-order valence-corrected chi connectivity index (χ0v) is 7.88. The number of rotatable bonds is 2. The van der Waals surface area contributed by atoms with Gasteiger partial charge in [-0.05, 0) is 0 Å². The fraction of sp³-hybridized carbons (Fsp3) is 0.167. The molecule has 0 aliphatic carbocycles. The molecule has 1 rings (SSSR count). The molecular formula is C6H5N5O2S. The Kier molecular flexibility index (Phi) is 2.40. The summed E-state index contributed by atoms with van der Waals surface area (Å²) in [5, 5.41) is 17.0. The number of sulfonamides is 1. The molecule has 0 saturated heterocycles. The van der Waals surface area contributed by atoms with Crippen molar-refractivity contribution in [2.24, 2.45) is 0 Å². The molecule has 0 bridgehead atoms. The second-order valence-corrected chi connectivity index (χ2v) is 4.16. The zero-order chi connectivity index (χ0) is 10.8. The van der Waals surface area contributed by atoms with Crippen molar-refractivity contribution >= 4 is 16.0 Å². The highest BCUT2D eigenvalue weighted by Gasteiger charge is 2.11. The van der Waals surface area contributed by atoms with E-state index in [0.29, 0.717) is 0 Å². The van der Waals surface area contributed by atoms with Crippen LogP contribution < -0.4 is 4.72 Å². The maximum Gasteiger partial charge on any atom is 0.232 e. The Morgan fingerprint density at radius 3 is 2.43 bits per heavy atom. The third kappa shape index (κ3) is 2.21. The minimum atomic E-state index is -3.46. The van der Waals surface area contributed by atoms with Crippen molar-refractivity contribution in [1.82, 2.24) is 9.97 Å². The molecule has 0 unspecified atom stereocenters. The summed E-state index contributed by atoms with van der Waals surface area (Å²) in [5.41, 5.74) is -0.211. The number of aromatic nitrogens is 2. The first kappa shape index (κ1) is 10.0. The average molecular weight is 211 g/mol. The number of nitrogens with one attached hydrogen (secondary N) is 2. The van der Waals surface area contributed by atoms with E-state index < -0.39 is 10.0 Å². The van der Waals surface area contributed by atoms with Gasteiger partial charge in [0.05, 0.1) is 6.26 Å². The van der Waals surface area contributed by atoms with Crippen LogP contribution in [-0.4, -0.2) is 24.6 Å². The molecule has 7 nitrogen and oxygen atoms in total. The molecule has 0 aliphatic rings. The molecule has 72 valence electrons. The maximum absolute atomic E-state index is 10.8. The number of imidazole rings is 1. The Balaban J connectivity index is 3.11. The van der Waals surface area contributed by atoms with Gasteiger partial charge in [-0.15, -0.1) is 0 Å². The van der Waals surface area contributed by atoms with Gasteiger partial charge in [-0.2, -0.15) is 15.5 Å². The van der Waals surface area contributed by atoms with Crippen molar-refractivity contribution < 1.29 is 8.42 Å². The largest absolute Gasteiger partial charge is 0.314 e. The minimum Gasteiger partial charge on any atom is -0.314 e. The van der Waals surface area contributed by atoms with Crippen LogP contribution in [0.1, 0.15) is 11.4 Å². The summed E-state index contributed by atoms with van der Waals surface area (Å²) in [4.78, 5) is 5.91. The molecule has 1 aromatic rings. The summed E-state index contributed by atoms with van der Waals surface area (Å²) in [6, 6.07) is 3.33. The molecule has 1 heterocycles. The van der Waals surface area contributed by atoms with E-state index in [1.165, 1.54) is 0 Å². The van der Waals surface area contributed by atoms with Crippen molar-refractivity contribution in [2.75, 3.05) is 11.0 Å². The summed E-state index contributed by atoms with van der Waals surface area (Å²) in [6.07, 6.45) is 0.938. The molecule has 14 heavy (non-hydrogen) atoms. The fourth-order valence-electron chi connectivity index (χ4n) is 0.759. The van der Waals surface area contributed by atoms with Gasteiger partial charge in [0.2, 0.25) is 16.0 Å². The van der Waals surface area contributed by atoms with Crippen LogP contribution in [0.25, 0.3) is 0 Å². The van der Waals surface area contributed by atoms with Crippen LogP contribution in [0.2, 0.25) is 0 Å². The lowest BCUT2D eigenvalue weighted by Gasteiger charge is -1.96. The van der Waals surface area contributed by atoms with Crippen molar-refractivity contribution in [3.63, 3.8) is 0 Å². The molecule has 0 atom stereocenters. The first-order chi connectivity index (χ1) is 6.46. The van der Waals surface area contributed by atoms with Crippen molar-refractivity contribution in [1.29, 1.82) is 10.5 Å². The molecule has 0 spiro atoms. The van der Waals surface area contributed by atoms with E-state index in [2.05, 4.69) is 9.97 Å². The maximum atomic E-state index is 10.8. The number of hydrogen-bond acceptors (Lipinski definition) is 5. The van der Waals surface area contributed by atoms with Crippen molar-refractivity contribution in [2.45, 2.75) is 0 Å². The van der Waals surface area contributed by atoms with Crippen LogP contribution in [0, 0.1) is 22.7 Å². The van der Waals surface area contributed by atoms with E-state index in [4.69, 9.17) is 10.5 Å². The lowest BCUT2D eigenvalue weighted by Crippen LogP contribution is -2.10. The van der Waals surface area contributed by atoms with Gasteiger partial charge >= 0.3 is 0 Å². The molecule has 0 amide bonds. The third-order valence-electron chi connectivity index (χ3n) is 1.20. The van der Waals surface area contributed by atoms with Crippen LogP contribution >= 0.6 is 0 Å². The lowest BCUT2D eigenvalue weighted by atomic mass is 10.4. The predicted molar refractivity (Wildman–Crippen MR) is 46.5 cm³/mol. The highest BCUT2D eigenvalue weighted by molar-refractivity contribution is 7.91. The number of nitriles is 2. The van der Waals surface area contributed by atoms with E-state index >= 15 is 0 Å². The van der Waals surface area contributed by atoms with Crippen molar-refractivity contribution in [3.8, 4) is 12.1 Å². The summed E-state index contributed by atoms with van der Waals surface area (Å²) in [7, 11) is -3.46. The van der Waals surface area contributed by atoms with Gasteiger partial charge in [-0.3, -0.25) is 4.72 Å². The van der Waals surface area contributed by atoms with E-state index in [9.17, 15) is 8.42 Å². The Hall–Kier alpha value is -2.06. The summed E-state index contributed by atoms with van der Waals surface area (Å²) in [6.45, 7) is 0. The molecule has 0 saturated carbocycles. The first-order valence-electron chi connectivity index (χ1n) is 3.34. The second-order valence-electron chi connectivity index (χ2n) is 2.41. The second kappa shape index (κ2) is 3.36. The monoisotopic (exact) mass is 211 g/mol. The number of aromatic amines is 1. The fourth-order valence-corrected chi connectivity index (χ4v) is 1.21. The summed E-state index contributed by atoms with van der Waals surface area (Å²) >= 11 is 0. The molecule has 0 aliphatic heterocycles. The topological polar surface area (TPSA) is 122 Å². The number of nitrogens with zero attached hydrogens (tertiary/aromatic N) is 3. The molecule has 0 fully saturated rings. The summed E-state index contributed by atoms with van der Waals surface area (Å²) in [5.74, 6) is -0.138. The molecule has 2 N–H and O–H groups in total. The Bertz CT molecular complexity index is 498. The van der Waals surface area contributed by atoms with Crippen LogP contribution in [0.15, 0.2) is 0 Å². The smallest absolute Gasteiger partial charge is 0.232 e. The van der Waals surface area contributed by atoms with Gasteiger partial charge in [-0.1, -0.05) is 0 Å². The predicted octanol–water partition coefficient (Wildman–Crippen LogP) is -0.475. The van der Waals surface area contributed by atoms with E-state index in [0.717, 1.165) is 6.26 Å². The van der Waals surface area contributed by atoms with Gasteiger partial charge in [-0.25, -0.2) is 8.42 Å². The molecule has 1 aromatic heterocycles.